The van der Waals surface area contributed by atoms with Crippen LogP contribution in [0.3, 0.4) is 0 Å². The molecule has 0 bridgehead atoms. The van der Waals surface area contributed by atoms with E-state index in [0.717, 1.165) is 23.5 Å². The summed E-state index contributed by atoms with van der Waals surface area (Å²) in [5.41, 5.74) is 0.884. The monoisotopic (exact) mass is 224 g/mol. The first-order valence-electron chi connectivity index (χ1n) is 5.29. The van der Waals surface area contributed by atoms with E-state index in [9.17, 15) is 5.11 Å². The second kappa shape index (κ2) is 4.90. The highest BCUT2D eigenvalue weighted by molar-refractivity contribution is 7.99. The zero-order chi connectivity index (χ0) is 10.7. The Bertz CT molecular complexity index is 319. The molecule has 2 unspecified atom stereocenters. The third kappa shape index (κ3) is 2.67. The molecule has 2 atom stereocenters. The Hall–Kier alpha value is -0.670. The van der Waals surface area contributed by atoms with Crippen molar-refractivity contribution in [2.75, 3.05) is 11.5 Å². The molecule has 0 radical (unpaired) electrons. The van der Waals surface area contributed by atoms with Gasteiger partial charge in [-0.2, -0.15) is 11.8 Å². The Labute approximate surface area is 94.6 Å². The maximum absolute atomic E-state index is 9.59. The van der Waals surface area contributed by atoms with Crippen LogP contribution in [-0.2, 0) is 0 Å². The largest absolute Gasteiger partial charge is 0.489 e. The van der Waals surface area contributed by atoms with Gasteiger partial charge in [0.2, 0.25) is 0 Å². The molecule has 2 rings (SSSR count). The Kier molecular flexibility index (Phi) is 3.54. The average molecular weight is 224 g/mol. The van der Waals surface area contributed by atoms with Gasteiger partial charge in [0, 0.05) is 11.3 Å². The number of benzene rings is 1. The molecule has 0 aromatic heterocycles. The van der Waals surface area contributed by atoms with E-state index in [1.54, 1.807) is 6.92 Å². The highest BCUT2D eigenvalue weighted by Crippen LogP contribution is 2.28. The lowest BCUT2D eigenvalue weighted by molar-refractivity contribution is 0.180. The summed E-state index contributed by atoms with van der Waals surface area (Å²) in [7, 11) is 0. The SMILES string of the molecule is CC(O)c1ccccc1OC1CCSC1. The number of hydrogen-bond acceptors (Lipinski definition) is 3. The van der Waals surface area contributed by atoms with Crippen LogP contribution in [0.2, 0.25) is 0 Å². The van der Waals surface area contributed by atoms with Crippen molar-refractivity contribution in [3.63, 3.8) is 0 Å². The summed E-state index contributed by atoms with van der Waals surface area (Å²) >= 11 is 1.93. The molecule has 0 aliphatic carbocycles. The predicted molar refractivity (Wildman–Crippen MR) is 63.4 cm³/mol. The summed E-state index contributed by atoms with van der Waals surface area (Å²) in [6.07, 6.45) is 0.962. The number of aliphatic hydroxyl groups excluding tert-OH is 1. The first kappa shape index (κ1) is 10.8. The predicted octanol–water partition coefficient (Wildman–Crippen LogP) is 2.62. The maximum Gasteiger partial charge on any atom is 0.125 e. The maximum atomic E-state index is 9.59. The van der Waals surface area contributed by atoms with Crippen LogP contribution in [0.5, 0.6) is 5.75 Å². The van der Waals surface area contributed by atoms with Crippen molar-refractivity contribution >= 4 is 11.8 Å². The zero-order valence-corrected chi connectivity index (χ0v) is 9.67. The van der Waals surface area contributed by atoms with Gasteiger partial charge < -0.3 is 9.84 Å². The molecular weight excluding hydrogens is 208 g/mol. The van der Waals surface area contributed by atoms with Gasteiger partial charge in [-0.25, -0.2) is 0 Å². The third-order valence-corrected chi connectivity index (χ3v) is 3.68. The van der Waals surface area contributed by atoms with E-state index in [0.29, 0.717) is 6.10 Å². The minimum atomic E-state index is -0.463. The van der Waals surface area contributed by atoms with Crippen molar-refractivity contribution < 1.29 is 9.84 Å². The van der Waals surface area contributed by atoms with Gasteiger partial charge in [-0.05, 0) is 25.2 Å². The van der Waals surface area contributed by atoms with E-state index in [2.05, 4.69) is 0 Å². The number of para-hydroxylation sites is 1. The topological polar surface area (TPSA) is 29.5 Å². The fraction of sp³-hybridized carbons (Fsp3) is 0.500. The molecule has 1 N–H and O–H groups in total. The van der Waals surface area contributed by atoms with E-state index < -0.39 is 6.10 Å². The molecule has 1 aliphatic rings. The summed E-state index contributed by atoms with van der Waals surface area (Å²) in [5.74, 6) is 3.08. The van der Waals surface area contributed by atoms with Crippen molar-refractivity contribution in [3.8, 4) is 5.75 Å². The lowest BCUT2D eigenvalue weighted by Gasteiger charge is -2.17. The summed E-state index contributed by atoms with van der Waals surface area (Å²) < 4.78 is 5.89. The highest BCUT2D eigenvalue weighted by atomic mass is 32.2. The Morgan fingerprint density at radius 3 is 2.93 bits per heavy atom. The fourth-order valence-corrected chi connectivity index (χ4v) is 2.81. The highest BCUT2D eigenvalue weighted by Gasteiger charge is 2.19. The molecule has 1 aromatic rings. The number of aliphatic hydroxyl groups is 1. The molecule has 3 heteroatoms. The van der Waals surface area contributed by atoms with E-state index in [-0.39, 0.29) is 0 Å². The first-order valence-corrected chi connectivity index (χ1v) is 6.44. The number of hydrogen-bond donors (Lipinski definition) is 1. The molecule has 0 spiro atoms. The standard InChI is InChI=1S/C12H16O2S/c1-9(13)11-4-2-3-5-12(11)14-10-6-7-15-8-10/h2-5,9-10,13H,6-8H2,1H3. The van der Waals surface area contributed by atoms with Crippen LogP contribution in [0.25, 0.3) is 0 Å². The minimum Gasteiger partial charge on any atom is -0.489 e. The molecular formula is C12H16O2S. The van der Waals surface area contributed by atoms with Crippen LogP contribution < -0.4 is 4.74 Å². The Balaban J connectivity index is 2.12. The summed E-state index contributed by atoms with van der Waals surface area (Å²) in [5, 5.41) is 9.59. The van der Waals surface area contributed by atoms with Crippen LogP contribution in [-0.4, -0.2) is 22.7 Å². The number of ether oxygens (including phenoxy) is 1. The van der Waals surface area contributed by atoms with E-state index in [1.807, 2.05) is 36.0 Å². The van der Waals surface area contributed by atoms with Gasteiger partial charge in [-0.1, -0.05) is 18.2 Å². The number of thioether (sulfide) groups is 1. The van der Waals surface area contributed by atoms with Crippen molar-refractivity contribution in [2.24, 2.45) is 0 Å². The molecule has 0 saturated carbocycles. The summed E-state index contributed by atoms with van der Waals surface area (Å²) in [6, 6.07) is 7.73. The summed E-state index contributed by atoms with van der Waals surface area (Å²) in [6.45, 7) is 1.77. The van der Waals surface area contributed by atoms with Gasteiger partial charge in [0.1, 0.15) is 11.9 Å². The summed E-state index contributed by atoms with van der Waals surface area (Å²) in [4.78, 5) is 0. The fourth-order valence-electron chi connectivity index (χ4n) is 1.72. The third-order valence-electron chi connectivity index (χ3n) is 2.55. The molecule has 0 amide bonds. The lowest BCUT2D eigenvalue weighted by Crippen LogP contribution is -2.16. The van der Waals surface area contributed by atoms with Gasteiger partial charge in [0.05, 0.1) is 6.10 Å². The van der Waals surface area contributed by atoms with Crippen molar-refractivity contribution in [2.45, 2.75) is 25.6 Å². The molecule has 1 fully saturated rings. The molecule has 1 saturated heterocycles. The van der Waals surface area contributed by atoms with E-state index >= 15 is 0 Å². The molecule has 1 aliphatic heterocycles. The molecule has 82 valence electrons. The van der Waals surface area contributed by atoms with Gasteiger partial charge in [-0.15, -0.1) is 0 Å². The van der Waals surface area contributed by atoms with Crippen molar-refractivity contribution in [1.82, 2.24) is 0 Å². The van der Waals surface area contributed by atoms with E-state index in [1.165, 1.54) is 5.75 Å². The molecule has 1 heterocycles. The smallest absolute Gasteiger partial charge is 0.125 e. The van der Waals surface area contributed by atoms with Gasteiger partial charge in [0.25, 0.3) is 0 Å². The first-order chi connectivity index (χ1) is 7.27. The zero-order valence-electron chi connectivity index (χ0n) is 8.85. The quantitative estimate of drug-likeness (QED) is 0.856. The van der Waals surface area contributed by atoms with Gasteiger partial charge in [-0.3, -0.25) is 0 Å². The normalized spacial score (nSPS) is 22.7. The molecule has 1 aromatic carbocycles. The van der Waals surface area contributed by atoms with Gasteiger partial charge in [0.15, 0.2) is 0 Å². The van der Waals surface area contributed by atoms with Crippen molar-refractivity contribution in [1.29, 1.82) is 0 Å². The second-order valence-corrected chi connectivity index (χ2v) is 4.97. The van der Waals surface area contributed by atoms with Crippen LogP contribution in [0.4, 0.5) is 0 Å². The van der Waals surface area contributed by atoms with Gasteiger partial charge >= 0.3 is 0 Å². The Morgan fingerprint density at radius 1 is 1.47 bits per heavy atom. The molecule has 2 nitrogen and oxygen atoms in total. The Morgan fingerprint density at radius 2 is 2.27 bits per heavy atom. The van der Waals surface area contributed by atoms with Crippen LogP contribution in [0.1, 0.15) is 25.0 Å². The average Bonchev–Trinajstić information content (AvgIpc) is 2.71. The second-order valence-electron chi connectivity index (χ2n) is 3.82. The number of rotatable bonds is 3. The van der Waals surface area contributed by atoms with Crippen LogP contribution in [0.15, 0.2) is 24.3 Å². The van der Waals surface area contributed by atoms with Crippen molar-refractivity contribution in [3.05, 3.63) is 29.8 Å². The molecule has 15 heavy (non-hydrogen) atoms. The lowest BCUT2D eigenvalue weighted by atomic mass is 10.1. The van der Waals surface area contributed by atoms with E-state index in [4.69, 9.17) is 4.74 Å². The van der Waals surface area contributed by atoms with Crippen LogP contribution in [0, 0.1) is 0 Å². The van der Waals surface area contributed by atoms with Crippen LogP contribution >= 0.6 is 11.8 Å². The minimum absolute atomic E-state index is 0.315.